The largest absolute Gasteiger partial charge is 0.748 e. The number of carbonyl (C=O) groups excluding carboxylic acids is 2. The molecule has 0 bridgehead atoms. The van der Waals surface area contributed by atoms with E-state index in [2.05, 4.69) is 0 Å². The zero-order valence-electron chi connectivity index (χ0n) is 9.38. The van der Waals surface area contributed by atoms with E-state index in [1.807, 2.05) is 0 Å². The molecule has 0 heterocycles. The fourth-order valence-corrected chi connectivity index (χ4v) is 2.21. The fourth-order valence-electron chi connectivity index (χ4n) is 1.74. The zero-order chi connectivity index (χ0) is 12.9. The molecule has 1 fully saturated rings. The van der Waals surface area contributed by atoms with Gasteiger partial charge in [-0.2, -0.15) is 0 Å². The van der Waals surface area contributed by atoms with E-state index in [4.69, 9.17) is 4.74 Å². The van der Waals surface area contributed by atoms with Crippen molar-refractivity contribution in [1.29, 1.82) is 0 Å². The van der Waals surface area contributed by atoms with Gasteiger partial charge in [0, 0.05) is 12.2 Å². The Bertz CT molecular complexity index is 386. The normalized spacial score (nSPS) is 21.2. The van der Waals surface area contributed by atoms with Crippen LogP contribution in [0.25, 0.3) is 0 Å². The van der Waals surface area contributed by atoms with Crippen LogP contribution >= 0.6 is 0 Å². The topological polar surface area (TPSA) is 101 Å². The Morgan fingerprint density at radius 1 is 1.41 bits per heavy atom. The molecule has 0 N–H and O–H groups in total. The van der Waals surface area contributed by atoms with Crippen molar-refractivity contribution in [3.05, 3.63) is 0 Å². The van der Waals surface area contributed by atoms with Crippen LogP contribution in [0.15, 0.2) is 0 Å². The van der Waals surface area contributed by atoms with E-state index in [0.717, 1.165) is 12.8 Å². The third kappa shape index (κ3) is 5.27. The minimum Gasteiger partial charge on any atom is -0.748 e. The molecule has 1 unspecified atom stereocenters. The highest BCUT2D eigenvalue weighted by atomic mass is 32.2. The van der Waals surface area contributed by atoms with Gasteiger partial charge >= 0.3 is 5.97 Å². The lowest BCUT2D eigenvalue weighted by Crippen LogP contribution is -2.29. The highest BCUT2D eigenvalue weighted by Gasteiger charge is 2.29. The molecule has 1 saturated carbocycles. The maximum atomic E-state index is 11.5. The van der Waals surface area contributed by atoms with Gasteiger partial charge in [-0.15, -0.1) is 0 Å². The van der Waals surface area contributed by atoms with Crippen LogP contribution < -0.4 is 0 Å². The molecule has 17 heavy (non-hydrogen) atoms. The first-order valence-corrected chi connectivity index (χ1v) is 7.11. The zero-order valence-corrected chi connectivity index (χ0v) is 10.2. The summed E-state index contributed by atoms with van der Waals surface area (Å²) in [6.07, 6.45) is 2.49. The number of ether oxygens (including phenoxy) is 1. The van der Waals surface area contributed by atoms with Crippen molar-refractivity contribution in [1.82, 2.24) is 0 Å². The number of esters is 1. The van der Waals surface area contributed by atoms with Crippen LogP contribution in [0.5, 0.6) is 0 Å². The van der Waals surface area contributed by atoms with Crippen molar-refractivity contribution in [2.24, 2.45) is 5.92 Å². The predicted molar refractivity (Wildman–Crippen MR) is 57.1 cm³/mol. The van der Waals surface area contributed by atoms with E-state index in [0.29, 0.717) is 12.8 Å². The molecule has 7 heteroatoms. The minimum absolute atomic E-state index is 0.0293. The summed E-state index contributed by atoms with van der Waals surface area (Å²) in [6.45, 7) is -0.135. The van der Waals surface area contributed by atoms with E-state index in [-0.39, 0.29) is 18.8 Å². The molecule has 0 saturated heterocycles. The molecule has 1 aliphatic rings. The molecular weight excluding hydrogens is 248 g/mol. The Labute approximate surface area is 100 Å². The standard InChI is InChI=1S/C10H16O6S/c11-9-5-2-1-4-8(9)10(12)16-6-3-7-17(13,14)15/h8H,1-7H2,(H,13,14,15)/p-1. The number of rotatable bonds is 5. The summed E-state index contributed by atoms with van der Waals surface area (Å²) >= 11 is 0. The summed E-state index contributed by atoms with van der Waals surface area (Å²) in [6, 6.07) is 0. The lowest BCUT2D eigenvalue weighted by molar-refractivity contribution is -0.153. The molecule has 0 amide bonds. The van der Waals surface area contributed by atoms with Gasteiger partial charge in [0.2, 0.25) is 0 Å². The van der Waals surface area contributed by atoms with Crippen molar-refractivity contribution in [3.63, 3.8) is 0 Å². The van der Waals surface area contributed by atoms with Gasteiger partial charge in [0.05, 0.1) is 16.7 Å². The molecule has 1 atom stereocenters. The maximum Gasteiger partial charge on any atom is 0.316 e. The van der Waals surface area contributed by atoms with Crippen molar-refractivity contribution >= 4 is 21.9 Å². The van der Waals surface area contributed by atoms with Gasteiger partial charge in [-0.25, -0.2) is 8.42 Å². The molecule has 0 aromatic carbocycles. The molecular formula is C10H15O6S-. The molecule has 0 spiro atoms. The average Bonchev–Trinajstić information content (AvgIpc) is 2.23. The lowest BCUT2D eigenvalue weighted by atomic mass is 9.88. The van der Waals surface area contributed by atoms with E-state index in [1.165, 1.54) is 0 Å². The lowest BCUT2D eigenvalue weighted by Gasteiger charge is -2.18. The number of Topliss-reactive ketones (excluding diaryl/α,β-unsaturated/α-hetero) is 1. The molecule has 0 radical (unpaired) electrons. The number of hydrogen-bond donors (Lipinski definition) is 0. The molecule has 1 aliphatic carbocycles. The first-order valence-electron chi connectivity index (χ1n) is 5.53. The van der Waals surface area contributed by atoms with Crippen LogP contribution in [-0.4, -0.2) is 37.1 Å². The quantitative estimate of drug-likeness (QED) is 0.304. The van der Waals surface area contributed by atoms with E-state index in [9.17, 15) is 22.6 Å². The second-order valence-corrected chi connectivity index (χ2v) is 5.57. The van der Waals surface area contributed by atoms with Gasteiger partial charge < -0.3 is 9.29 Å². The van der Waals surface area contributed by atoms with Gasteiger partial charge in [-0.3, -0.25) is 9.59 Å². The highest BCUT2D eigenvalue weighted by Crippen LogP contribution is 2.21. The molecule has 0 aromatic heterocycles. The molecule has 1 rings (SSSR count). The molecule has 98 valence electrons. The van der Waals surface area contributed by atoms with Crippen LogP contribution in [0.4, 0.5) is 0 Å². The van der Waals surface area contributed by atoms with E-state index in [1.54, 1.807) is 0 Å². The summed E-state index contributed by atoms with van der Waals surface area (Å²) in [7, 11) is -4.27. The molecule has 0 aromatic rings. The monoisotopic (exact) mass is 263 g/mol. The fraction of sp³-hybridized carbons (Fsp3) is 0.800. The summed E-state index contributed by atoms with van der Waals surface area (Å²) in [4.78, 5) is 22.8. The van der Waals surface area contributed by atoms with E-state index < -0.39 is 27.8 Å². The smallest absolute Gasteiger partial charge is 0.316 e. The van der Waals surface area contributed by atoms with E-state index >= 15 is 0 Å². The SMILES string of the molecule is O=C1CCCCC1C(=O)OCCCS(=O)(=O)[O-]. The van der Waals surface area contributed by atoms with Crippen LogP contribution in [0, 0.1) is 5.92 Å². The average molecular weight is 263 g/mol. The van der Waals surface area contributed by atoms with Crippen molar-refractivity contribution in [3.8, 4) is 0 Å². The van der Waals surface area contributed by atoms with Crippen LogP contribution in [0.3, 0.4) is 0 Å². The molecule has 6 nitrogen and oxygen atoms in total. The van der Waals surface area contributed by atoms with Crippen LogP contribution in [0.2, 0.25) is 0 Å². The van der Waals surface area contributed by atoms with Crippen LogP contribution in [0.1, 0.15) is 32.1 Å². The second kappa shape index (κ2) is 6.11. The first-order chi connectivity index (χ1) is 7.90. The number of hydrogen-bond acceptors (Lipinski definition) is 6. The number of carbonyl (C=O) groups is 2. The summed E-state index contributed by atoms with van der Waals surface area (Å²) in [5.74, 6) is -1.97. The Kier molecular flexibility index (Phi) is 5.07. The van der Waals surface area contributed by atoms with Gasteiger partial charge in [0.25, 0.3) is 0 Å². The summed E-state index contributed by atoms with van der Waals surface area (Å²) < 4.78 is 35.6. The Morgan fingerprint density at radius 2 is 2.12 bits per heavy atom. The number of ketones is 1. The van der Waals surface area contributed by atoms with Crippen molar-refractivity contribution in [2.75, 3.05) is 12.4 Å². The summed E-state index contributed by atoms with van der Waals surface area (Å²) in [5, 5.41) is 0. The Balaban J connectivity index is 2.27. The third-order valence-electron chi connectivity index (χ3n) is 2.62. The molecule has 0 aliphatic heterocycles. The Morgan fingerprint density at radius 3 is 2.71 bits per heavy atom. The summed E-state index contributed by atoms with van der Waals surface area (Å²) in [5.41, 5.74) is 0. The predicted octanol–water partition coefficient (Wildman–Crippen LogP) is 0.224. The minimum atomic E-state index is -4.27. The van der Waals surface area contributed by atoms with Crippen molar-refractivity contribution in [2.45, 2.75) is 32.1 Å². The van der Waals surface area contributed by atoms with Crippen LogP contribution in [-0.2, 0) is 24.4 Å². The first kappa shape index (κ1) is 14.1. The van der Waals surface area contributed by atoms with Crippen molar-refractivity contribution < 1.29 is 27.3 Å². The van der Waals surface area contributed by atoms with Gasteiger partial charge in [-0.05, 0) is 19.3 Å². The van der Waals surface area contributed by atoms with Gasteiger partial charge in [0.15, 0.2) is 0 Å². The Hall–Kier alpha value is -0.950. The maximum absolute atomic E-state index is 11.5. The third-order valence-corrected chi connectivity index (χ3v) is 3.41. The highest BCUT2D eigenvalue weighted by molar-refractivity contribution is 7.85. The van der Waals surface area contributed by atoms with Gasteiger partial charge in [0.1, 0.15) is 11.7 Å². The van der Waals surface area contributed by atoms with Gasteiger partial charge in [-0.1, -0.05) is 6.42 Å². The second-order valence-electron chi connectivity index (χ2n) is 4.05.